The highest BCUT2D eigenvalue weighted by atomic mass is 79.9. The Morgan fingerprint density at radius 1 is 1.21 bits per heavy atom. The number of carbonyl (C=O) groups is 1. The van der Waals surface area contributed by atoms with Gasteiger partial charge in [-0.2, -0.15) is 0 Å². The lowest BCUT2D eigenvalue weighted by Gasteiger charge is -2.10. The highest BCUT2D eigenvalue weighted by Crippen LogP contribution is 2.27. The third kappa shape index (κ3) is 3.38. The molecule has 0 bridgehead atoms. The Morgan fingerprint density at radius 2 is 1.95 bits per heavy atom. The molecule has 0 saturated heterocycles. The van der Waals surface area contributed by atoms with E-state index >= 15 is 0 Å². The van der Waals surface area contributed by atoms with Crippen molar-refractivity contribution in [3.05, 3.63) is 61.5 Å². The van der Waals surface area contributed by atoms with Gasteiger partial charge >= 0.3 is 0 Å². The maximum Gasteiger partial charge on any atom is 0.256 e. The first-order valence-corrected chi connectivity index (χ1v) is 7.47. The van der Waals surface area contributed by atoms with Gasteiger partial charge in [0.1, 0.15) is 0 Å². The molecule has 2 aromatic rings. The van der Waals surface area contributed by atoms with Crippen molar-refractivity contribution in [1.82, 2.24) is 0 Å². The normalized spacial score (nSPS) is 10.3. The van der Waals surface area contributed by atoms with E-state index < -0.39 is 0 Å². The molecular weight excluding hydrogens is 393 g/mol. The molecule has 5 heteroatoms. The van der Waals surface area contributed by atoms with Gasteiger partial charge in [-0.1, -0.05) is 23.7 Å². The molecule has 1 amide bonds. The molecule has 2 nitrogen and oxygen atoms in total. The molecule has 0 fully saturated rings. The number of nitrogens with one attached hydrogen (secondary N) is 1. The molecule has 19 heavy (non-hydrogen) atoms. The number of anilines is 1. The molecular formula is C14H10Br2ClNO. The van der Waals surface area contributed by atoms with Crippen molar-refractivity contribution in [2.45, 2.75) is 6.92 Å². The van der Waals surface area contributed by atoms with Crippen molar-refractivity contribution in [2.75, 3.05) is 5.32 Å². The zero-order chi connectivity index (χ0) is 14.0. The van der Waals surface area contributed by atoms with Gasteiger partial charge in [-0.05, 0) is 68.6 Å². The van der Waals surface area contributed by atoms with Gasteiger partial charge < -0.3 is 5.32 Å². The van der Waals surface area contributed by atoms with E-state index in [0.29, 0.717) is 15.1 Å². The van der Waals surface area contributed by atoms with Crippen LogP contribution < -0.4 is 5.32 Å². The number of aryl methyl sites for hydroxylation is 1. The van der Waals surface area contributed by atoms with E-state index in [-0.39, 0.29) is 5.91 Å². The number of carbonyl (C=O) groups excluding carboxylic acids is 1. The molecule has 0 radical (unpaired) electrons. The zero-order valence-electron chi connectivity index (χ0n) is 10.0. The van der Waals surface area contributed by atoms with Crippen molar-refractivity contribution in [3.63, 3.8) is 0 Å². The van der Waals surface area contributed by atoms with E-state index in [1.54, 1.807) is 18.2 Å². The fourth-order valence-electron chi connectivity index (χ4n) is 1.61. The summed E-state index contributed by atoms with van der Waals surface area (Å²) in [7, 11) is 0. The van der Waals surface area contributed by atoms with E-state index in [4.69, 9.17) is 11.6 Å². The topological polar surface area (TPSA) is 29.1 Å². The van der Waals surface area contributed by atoms with Crippen molar-refractivity contribution >= 4 is 55.1 Å². The summed E-state index contributed by atoms with van der Waals surface area (Å²) in [5, 5.41) is 3.39. The minimum Gasteiger partial charge on any atom is -0.321 e. The number of rotatable bonds is 2. The molecule has 0 aliphatic rings. The fraction of sp³-hybridized carbons (Fsp3) is 0.0714. The lowest BCUT2D eigenvalue weighted by atomic mass is 10.2. The Hall–Kier alpha value is -0.840. The van der Waals surface area contributed by atoms with Crippen LogP contribution in [0.1, 0.15) is 15.9 Å². The summed E-state index contributed by atoms with van der Waals surface area (Å²) in [6, 6.07) is 10.8. The van der Waals surface area contributed by atoms with Crippen molar-refractivity contribution in [1.29, 1.82) is 0 Å². The summed E-state index contributed by atoms with van der Waals surface area (Å²) >= 11 is 12.7. The smallest absolute Gasteiger partial charge is 0.256 e. The van der Waals surface area contributed by atoms with Crippen molar-refractivity contribution < 1.29 is 4.79 Å². The summed E-state index contributed by atoms with van der Waals surface area (Å²) in [4.78, 5) is 12.2. The average molecular weight is 404 g/mol. The predicted molar refractivity (Wildman–Crippen MR) is 86.0 cm³/mol. The van der Waals surface area contributed by atoms with E-state index in [9.17, 15) is 4.79 Å². The van der Waals surface area contributed by atoms with Gasteiger partial charge in [0.25, 0.3) is 5.91 Å². The van der Waals surface area contributed by atoms with E-state index in [1.165, 1.54) is 0 Å². The van der Waals surface area contributed by atoms with Gasteiger partial charge in [-0.15, -0.1) is 0 Å². The SMILES string of the molecule is Cc1cccc(NC(=O)c2cc(Cl)ccc2Br)c1Br. The molecule has 0 saturated carbocycles. The Morgan fingerprint density at radius 3 is 2.68 bits per heavy atom. The summed E-state index contributed by atoms with van der Waals surface area (Å²) in [5.74, 6) is -0.208. The van der Waals surface area contributed by atoms with Gasteiger partial charge in [-0.25, -0.2) is 0 Å². The lowest BCUT2D eigenvalue weighted by molar-refractivity contribution is 0.102. The highest BCUT2D eigenvalue weighted by molar-refractivity contribution is 9.11. The number of halogens is 3. The van der Waals surface area contributed by atoms with Crippen LogP contribution in [0.2, 0.25) is 5.02 Å². The summed E-state index contributed by atoms with van der Waals surface area (Å²) < 4.78 is 1.58. The molecule has 0 heterocycles. The molecule has 0 aromatic heterocycles. The number of hydrogen-bond donors (Lipinski definition) is 1. The largest absolute Gasteiger partial charge is 0.321 e. The summed E-state index contributed by atoms with van der Waals surface area (Å²) in [6.07, 6.45) is 0. The molecule has 0 atom stereocenters. The van der Waals surface area contributed by atoms with Crippen LogP contribution in [0.4, 0.5) is 5.69 Å². The Labute approximate surface area is 133 Å². The first-order valence-electron chi connectivity index (χ1n) is 5.50. The van der Waals surface area contributed by atoms with Crippen molar-refractivity contribution in [2.24, 2.45) is 0 Å². The second-order valence-electron chi connectivity index (χ2n) is 4.01. The number of hydrogen-bond acceptors (Lipinski definition) is 1. The molecule has 0 aliphatic carbocycles. The molecule has 2 rings (SSSR count). The third-order valence-corrected chi connectivity index (χ3v) is 4.59. The lowest BCUT2D eigenvalue weighted by Crippen LogP contribution is -2.13. The maximum absolute atomic E-state index is 12.2. The standard InChI is InChI=1S/C14H10Br2ClNO/c1-8-3-2-4-12(13(8)16)18-14(19)10-7-9(17)5-6-11(10)15/h2-7H,1H3,(H,18,19). The van der Waals surface area contributed by atoms with E-state index in [1.807, 2.05) is 25.1 Å². The van der Waals surface area contributed by atoms with Gasteiger partial charge in [0.05, 0.1) is 11.3 Å². The van der Waals surface area contributed by atoms with Crippen LogP contribution in [-0.2, 0) is 0 Å². The Bertz CT molecular complexity index is 643. The quantitative estimate of drug-likeness (QED) is 0.712. The predicted octanol–water partition coefficient (Wildman–Crippen LogP) is 5.43. The van der Waals surface area contributed by atoms with Crippen LogP contribution in [0.3, 0.4) is 0 Å². The van der Waals surface area contributed by atoms with Crippen LogP contribution in [-0.4, -0.2) is 5.91 Å². The number of benzene rings is 2. The minimum absolute atomic E-state index is 0.208. The van der Waals surface area contributed by atoms with E-state index in [0.717, 1.165) is 15.7 Å². The van der Waals surface area contributed by atoms with E-state index in [2.05, 4.69) is 37.2 Å². The van der Waals surface area contributed by atoms with Gasteiger partial charge in [-0.3, -0.25) is 4.79 Å². The molecule has 2 aromatic carbocycles. The van der Waals surface area contributed by atoms with Gasteiger partial charge in [0, 0.05) is 14.0 Å². The monoisotopic (exact) mass is 401 g/mol. The first-order chi connectivity index (χ1) is 8.99. The highest BCUT2D eigenvalue weighted by Gasteiger charge is 2.12. The molecule has 0 spiro atoms. The second-order valence-corrected chi connectivity index (χ2v) is 6.10. The number of amides is 1. The van der Waals surface area contributed by atoms with Gasteiger partial charge in [0.15, 0.2) is 0 Å². The maximum atomic E-state index is 12.2. The first kappa shape index (κ1) is 14.6. The van der Waals surface area contributed by atoms with Crippen LogP contribution in [0, 0.1) is 6.92 Å². The van der Waals surface area contributed by atoms with Gasteiger partial charge in [0.2, 0.25) is 0 Å². The van der Waals surface area contributed by atoms with Crippen LogP contribution >= 0.6 is 43.5 Å². The van der Waals surface area contributed by atoms with Crippen LogP contribution in [0.5, 0.6) is 0 Å². The average Bonchev–Trinajstić information content (AvgIpc) is 2.38. The van der Waals surface area contributed by atoms with Crippen LogP contribution in [0.15, 0.2) is 45.3 Å². The minimum atomic E-state index is -0.208. The summed E-state index contributed by atoms with van der Waals surface area (Å²) in [5.41, 5.74) is 2.29. The summed E-state index contributed by atoms with van der Waals surface area (Å²) in [6.45, 7) is 1.97. The molecule has 0 unspecified atom stereocenters. The molecule has 98 valence electrons. The second kappa shape index (κ2) is 6.07. The van der Waals surface area contributed by atoms with Crippen molar-refractivity contribution in [3.8, 4) is 0 Å². The molecule has 0 aliphatic heterocycles. The fourth-order valence-corrected chi connectivity index (χ4v) is 2.57. The third-order valence-electron chi connectivity index (χ3n) is 2.61. The molecule has 1 N–H and O–H groups in total. The van der Waals surface area contributed by atoms with Crippen LogP contribution in [0.25, 0.3) is 0 Å². The Kier molecular flexibility index (Phi) is 4.66. The Balaban J connectivity index is 2.31. The zero-order valence-corrected chi connectivity index (χ0v) is 13.9.